The third-order valence-corrected chi connectivity index (χ3v) is 4.32. The molecule has 1 aliphatic rings. The number of nitrogens with one attached hydrogen (secondary N) is 1. The van der Waals surface area contributed by atoms with Gasteiger partial charge < -0.3 is 19.9 Å². The maximum Gasteiger partial charge on any atom is 0.317 e. The molecule has 0 bridgehead atoms. The van der Waals surface area contributed by atoms with Gasteiger partial charge in [-0.15, -0.1) is 0 Å². The second-order valence-electron chi connectivity index (χ2n) is 6.89. The van der Waals surface area contributed by atoms with Crippen LogP contribution < -0.4 is 10.1 Å². The third-order valence-electron chi connectivity index (χ3n) is 4.32. The number of urea groups is 1. The van der Waals surface area contributed by atoms with Gasteiger partial charge in [0.25, 0.3) is 0 Å². The van der Waals surface area contributed by atoms with Crippen LogP contribution in [0, 0.1) is 5.92 Å². The van der Waals surface area contributed by atoms with E-state index in [1.54, 1.807) is 16.8 Å². The second kappa shape index (κ2) is 9.30. The second-order valence-corrected chi connectivity index (χ2v) is 6.89. The molecule has 6 heteroatoms. The van der Waals surface area contributed by atoms with Crippen LogP contribution in [0.25, 0.3) is 0 Å². The summed E-state index contributed by atoms with van der Waals surface area (Å²) in [4.78, 5) is 26.9. The van der Waals surface area contributed by atoms with Gasteiger partial charge in [0.05, 0.1) is 6.61 Å². The van der Waals surface area contributed by atoms with Crippen LogP contribution in [0.4, 0.5) is 4.79 Å². The van der Waals surface area contributed by atoms with Gasteiger partial charge in [0.2, 0.25) is 5.91 Å². The molecule has 0 aromatic heterocycles. The Kier molecular flexibility index (Phi) is 7.10. The summed E-state index contributed by atoms with van der Waals surface area (Å²) in [5.41, 5.74) is 1.14. The first-order valence-electron chi connectivity index (χ1n) is 8.94. The van der Waals surface area contributed by atoms with Crippen molar-refractivity contribution in [2.75, 3.05) is 39.8 Å². The van der Waals surface area contributed by atoms with Gasteiger partial charge in [0, 0.05) is 26.7 Å². The summed E-state index contributed by atoms with van der Waals surface area (Å²) in [5.74, 6) is 1.50. The molecule has 138 valence electrons. The van der Waals surface area contributed by atoms with Gasteiger partial charge in [-0.3, -0.25) is 4.79 Å². The summed E-state index contributed by atoms with van der Waals surface area (Å²) in [5, 5.41) is 2.88. The minimum absolute atomic E-state index is 0.0190. The highest BCUT2D eigenvalue weighted by Crippen LogP contribution is 2.13. The summed E-state index contributed by atoms with van der Waals surface area (Å²) < 4.78 is 5.70. The zero-order valence-corrected chi connectivity index (χ0v) is 15.5. The Bertz CT molecular complexity index is 572. The largest absolute Gasteiger partial charge is 0.494 e. The first-order chi connectivity index (χ1) is 12.0. The van der Waals surface area contributed by atoms with Crippen LogP contribution in [0.3, 0.4) is 0 Å². The number of carbonyl (C=O) groups is 2. The van der Waals surface area contributed by atoms with Gasteiger partial charge in [-0.2, -0.15) is 0 Å². The summed E-state index contributed by atoms with van der Waals surface area (Å²) in [6.45, 7) is 6.97. The van der Waals surface area contributed by atoms with E-state index < -0.39 is 0 Å². The first-order valence-corrected chi connectivity index (χ1v) is 8.94. The topological polar surface area (TPSA) is 61.9 Å². The van der Waals surface area contributed by atoms with E-state index in [0.717, 1.165) is 30.8 Å². The highest BCUT2D eigenvalue weighted by atomic mass is 16.5. The molecule has 0 spiro atoms. The van der Waals surface area contributed by atoms with Crippen molar-refractivity contribution >= 4 is 11.9 Å². The quantitative estimate of drug-likeness (QED) is 0.822. The molecule has 1 heterocycles. The normalized spacial score (nSPS) is 14.8. The number of amides is 3. The summed E-state index contributed by atoms with van der Waals surface area (Å²) in [6.07, 6.45) is 1.79. The van der Waals surface area contributed by atoms with E-state index in [9.17, 15) is 9.59 Å². The first kappa shape index (κ1) is 19.1. The predicted octanol–water partition coefficient (Wildman–Crippen LogP) is 2.14. The minimum Gasteiger partial charge on any atom is -0.494 e. The molecule has 0 radical (unpaired) electrons. The van der Waals surface area contributed by atoms with Crippen molar-refractivity contribution in [2.45, 2.75) is 26.7 Å². The van der Waals surface area contributed by atoms with Crippen molar-refractivity contribution in [3.63, 3.8) is 0 Å². The zero-order valence-electron chi connectivity index (χ0n) is 15.5. The molecule has 0 aliphatic carbocycles. The lowest BCUT2D eigenvalue weighted by molar-refractivity contribution is -0.133. The van der Waals surface area contributed by atoms with Crippen LogP contribution in [0.5, 0.6) is 5.75 Å². The van der Waals surface area contributed by atoms with Gasteiger partial charge in [0.1, 0.15) is 12.3 Å². The van der Waals surface area contributed by atoms with E-state index in [1.807, 2.05) is 24.3 Å². The molecule has 2 rings (SSSR count). The van der Waals surface area contributed by atoms with Crippen LogP contribution in [-0.2, 0) is 11.2 Å². The smallest absolute Gasteiger partial charge is 0.317 e. The molecule has 0 atom stereocenters. The van der Waals surface area contributed by atoms with E-state index in [1.165, 1.54) is 0 Å². The van der Waals surface area contributed by atoms with Crippen LogP contribution in [-0.4, -0.2) is 61.6 Å². The van der Waals surface area contributed by atoms with Gasteiger partial charge in [-0.05, 0) is 36.5 Å². The van der Waals surface area contributed by atoms with E-state index in [4.69, 9.17) is 4.74 Å². The number of rotatable bonds is 7. The van der Waals surface area contributed by atoms with Crippen LogP contribution in [0.1, 0.15) is 25.8 Å². The summed E-state index contributed by atoms with van der Waals surface area (Å²) in [6, 6.07) is 7.81. The number of likely N-dealkylation sites (N-methyl/N-ethyl adjacent to an activating group) is 1. The molecule has 3 amide bonds. The summed E-state index contributed by atoms with van der Waals surface area (Å²) >= 11 is 0. The number of benzene rings is 1. The Morgan fingerprint density at radius 2 is 1.96 bits per heavy atom. The molecule has 1 aliphatic heterocycles. The molecular weight excluding hydrogens is 318 g/mol. The zero-order chi connectivity index (χ0) is 18.2. The van der Waals surface area contributed by atoms with E-state index >= 15 is 0 Å². The molecule has 0 unspecified atom stereocenters. The standard InChI is InChI=1S/C19H29N3O3/c1-15(2)9-13-25-17-6-4-16(5-7-17)8-10-20-19(24)22-12-11-21(3)18(23)14-22/h4-7,15H,8-14H2,1-3H3,(H,20,24). The fourth-order valence-corrected chi connectivity index (χ4v) is 2.52. The van der Waals surface area contributed by atoms with Crippen molar-refractivity contribution < 1.29 is 14.3 Å². The van der Waals surface area contributed by atoms with Gasteiger partial charge in [-0.25, -0.2) is 4.79 Å². The molecule has 0 saturated carbocycles. The highest BCUT2D eigenvalue weighted by Gasteiger charge is 2.24. The van der Waals surface area contributed by atoms with Crippen molar-refractivity contribution in [3.05, 3.63) is 29.8 Å². The number of piperazine rings is 1. The lowest BCUT2D eigenvalue weighted by Crippen LogP contribution is -2.53. The van der Waals surface area contributed by atoms with Crippen molar-refractivity contribution in [3.8, 4) is 5.75 Å². The van der Waals surface area contributed by atoms with Crippen molar-refractivity contribution in [2.24, 2.45) is 5.92 Å². The number of nitrogens with zero attached hydrogens (tertiary/aromatic N) is 2. The highest BCUT2D eigenvalue weighted by molar-refractivity contribution is 5.85. The van der Waals surface area contributed by atoms with Gasteiger partial charge in [0.15, 0.2) is 0 Å². The number of hydrogen-bond donors (Lipinski definition) is 1. The Morgan fingerprint density at radius 3 is 2.60 bits per heavy atom. The SMILES string of the molecule is CC(C)CCOc1ccc(CCNC(=O)N2CCN(C)C(=O)C2)cc1. The minimum atomic E-state index is -0.171. The number of hydrogen-bond acceptors (Lipinski definition) is 3. The van der Waals surface area contributed by atoms with Gasteiger partial charge in [-0.1, -0.05) is 26.0 Å². The fraction of sp³-hybridized carbons (Fsp3) is 0.579. The van der Waals surface area contributed by atoms with Crippen molar-refractivity contribution in [1.82, 2.24) is 15.1 Å². The Labute approximate surface area is 150 Å². The van der Waals surface area contributed by atoms with E-state index in [2.05, 4.69) is 19.2 Å². The van der Waals surface area contributed by atoms with Crippen LogP contribution >= 0.6 is 0 Å². The fourth-order valence-electron chi connectivity index (χ4n) is 2.52. The summed E-state index contributed by atoms with van der Waals surface area (Å²) in [7, 11) is 1.76. The maximum absolute atomic E-state index is 12.1. The monoisotopic (exact) mass is 347 g/mol. The lowest BCUT2D eigenvalue weighted by atomic mass is 10.1. The Balaban J connectivity index is 1.69. The lowest BCUT2D eigenvalue weighted by Gasteiger charge is -2.31. The Hall–Kier alpha value is -2.24. The number of ether oxygens (including phenoxy) is 1. The Morgan fingerprint density at radius 1 is 1.24 bits per heavy atom. The third kappa shape index (κ3) is 6.29. The molecule has 6 nitrogen and oxygen atoms in total. The average Bonchev–Trinajstić information content (AvgIpc) is 2.58. The molecule has 1 saturated heterocycles. The maximum atomic E-state index is 12.1. The van der Waals surface area contributed by atoms with Crippen molar-refractivity contribution in [1.29, 1.82) is 0 Å². The molecule has 25 heavy (non-hydrogen) atoms. The average molecular weight is 347 g/mol. The molecule has 1 aromatic rings. The molecular formula is C19H29N3O3. The van der Waals surface area contributed by atoms with E-state index in [0.29, 0.717) is 25.6 Å². The van der Waals surface area contributed by atoms with E-state index in [-0.39, 0.29) is 18.5 Å². The van der Waals surface area contributed by atoms with Crippen LogP contribution in [0.15, 0.2) is 24.3 Å². The molecule has 1 fully saturated rings. The van der Waals surface area contributed by atoms with Crippen LogP contribution in [0.2, 0.25) is 0 Å². The van der Waals surface area contributed by atoms with Gasteiger partial charge >= 0.3 is 6.03 Å². The molecule has 1 N–H and O–H groups in total. The number of carbonyl (C=O) groups excluding carboxylic acids is 2. The molecule has 1 aromatic carbocycles. The predicted molar refractivity (Wildman–Crippen MR) is 97.7 cm³/mol.